The molecular formula is C20H27N5O3. The van der Waals surface area contributed by atoms with Crippen molar-refractivity contribution in [1.29, 1.82) is 0 Å². The first kappa shape index (κ1) is 18.7. The number of rotatable bonds is 6. The number of nitrogens with zero attached hydrogens (tertiary/aromatic N) is 4. The number of anilines is 1. The molecule has 1 aromatic heterocycles. The van der Waals surface area contributed by atoms with Gasteiger partial charge in [0.05, 0.1) is 13.7 Å². The number of likely N-dealkylation sites (tertiary alicyclic amines) is 1. The molecule has 0 bridgehead atoms. The Labute approximate surface area is 164 Å². The van der Waals surface area contributed by atoms with E-state index in [-0.39, 0.29) is 17.5 Å². The lowest BCUT2D eigenvalue weighted by atomic mass is 9.96. The van der Waals surface area contributed by atoms with Crippen molar-refractivity contribution in [3.63, 3.8) is 0 Å². The van der Waals surface area contributed by atoms with Gasteiger partial charge in [-0.3, -0.25) is 14.3 Å². The monoisotopic (exact) mass is 385 g/mol. The van der Waals surface area contributed by atoms with E-state index in [1.54, 1.807) is 14.2 Å². The summed E-state index contributed by atoms with van der Waals surface area (Å²) < 4.78 is 8.49. The van der Waals surface area contributed by atoms with Crippen molar-refractivity contribution in [2.75, 3.05) is 32.1 Å². The predicted octanol–water partition coefficient (Wildman–Crippen LogP) is 1.74. The van der Waals surface area contributed by atoms with Gasteiger partial charge < -0.3 is 10.1 Å². The van der Waals surface area contributed by atoms with E-state index in [0.717, 1.165) is 56.0 Å². The van der Waals surface area contributed by atoms with Gasteiger partial charge in [-0.15, -0.1) is 0 Å². The molecule has 4 rings (SSSR count). The summed E-state index contributed by atoms with van der Waals surface area (Å²) >= 11 is 0. The van der Waals surface area contributed by atoms with Crippen LogP contribution in [-0.4, -0.2) is 51.9 Å². The minimum atomic E-state index is -0.0173. The molecule has 0 atom stereocenters. The number of piperidine rings is 1. The summed E-state index contributed by atoms with van der Waals surface area (Å²) in [6.45, 7) is 2.03. The smallest absolute Gasteiger partial charge is 0.345 e. The van der Waals surface area contributed by atoms with Gasteiger partial charge in [0.15, 0.2) is 0 Å². The maximum absolute atomic E-state index is 12.3. The number of amides is 1. The zero-order valence-electron chi connectivity index (χ0n) is 16.4. The maximum atomic E-state index is 12.3. The number of methoxy groups -OCH3 is 1. The van der Waals surface area contributed by atoms with Gasteiger partial charge in [0, 0.05) is 24.7 Å². The van der Waals surface area contributed by atoms with Gasteiger partial charge in [-0.05, 0) is 63.0 Å². The first-order valence-corrected chi connectivity index (χ1v) is 9.87. The molecule has 1 aromatic carbocycles. The number of hydrogen-bond acceptors (Lipinski definition) is 5. The predicted molar refractivity (Wildman–Crippen MR) is 106 cm³/mol. The van der Waals surface area contributed by atoms with E-state index in [4.69, 9.17) is 4.74 Å². The van der Waals surface area contributed by atoms with Gasteiger partial charge in [0.1, 0.15) is 11.6 Å². The number of aromatic nitrogens is 3. The molecule has 1 aliphatic heterocycles. The Bertz CT molecular complexity index is 890. The number of carbonyl (C=O) groups is 1. The van der Waals surface area contributed by atoms with E-state index in [2.05, 4.69) is 15.3 Å². The van der Waals surface area contributed by atoms with Crippen LogP contribution >= 0.6 is 0 Å². The van der Waals surface area contributed by atoms with Gasteiger partial charge in [-0.25, -0.2) is 9.48 Å². The quantitative estimate of drug-likeness (QED) is 0.819. The van der Waals surface area contributed by atoms with Crippen molar-refractivity contribution in [3.05, 3.63) is 40.6 Å². The zero-order valence-corrected chi connectivity index (χ0v) is 16.4. The van der Waals surface area contributed by atoms with Crippen LogP contribution in [0.25, 0.3) is 0 Å². The lowest BCUT2D eigenvalue weighted by Crippen LogP contribution is -2.39. The molecule has 28 heavy (non-hydrogen) atoms. The molecule has 0 spiro atoms. The van der Waals surface area contributed by atoms with Crippen molar-refractivity contribution >= 4 is 11.6 Å². The van der Waals surface area contributed by atoms with E-state index in [1.165, 1.54) is 4.68 Å². The largest absolute Gasteiger partial charge is 0.497 e. The Balaban J connectivity index is 1.31. The number of aryl methyl sites for hydroxylation is 1. The second-order valence-corrected chi connectivity index (χ2v) is 7.69. The van der Waals surface area contributed by atoms with Gasteiger partial charge in [0.2, 0.25) is 5.91 Å². The van der Waals surface area contributed by atoms with Crippen molar-refractivity contribution in [1.82, 2.24) is 19.2 Å². The fourth-order valence-electron chi connectivity index (χ4n) is 3.88. The Hall–Kier alpha value is -2.61. The minimum absolute atomic E-state index is 0.00111. The third-order valence-electron chi connectivity index (χ3n) is 5.59. The third-order valence-corrected chi connectivity index (χ3v) is 5.59. The molecule has 8 nitrogen and oxygen atoms in total. The standard InChI is InChI=1S/C20H27N5O3/c1-23-20(27)25(16-5-6-16)19(22-23)14-9-11-24(12-10-14)13-18(26)21-15-3-7-17(28-2)8-4-15/h3-4,7-8,14,16H,5-6,9-13H2,1-2H3,(H,21,26). The van der Waals surface area contributed by atoms with Crippen LogP contribution in [0.5, 0.6) is 5.75 Å². The summed E-state index contributed by atoms with van der Waals surface area (Å²) in [4.78, 5) is 26.8. The number of hydrogen-bond donors (Lipinski definition) is 1. The van der Waals surface area contributed by atoms with Crippen LogP contribution < -0.4 is 15.7 Å². The Kier molecular flexibility index (Phi) is 5.21. The molecule has 0 unspecified atom stereocenters. The molecule has 1 saturated heterocycles. The highest BCUT2D eigenvalue weighted by Gasteiger charge is 2.33. The van der Waals surface area contributed by atoms with Gasteiger partial charge >= 0.3 is 5.69 Å². The minimum Gasteiger partial charge on any atom is -0.497 e. The average Bonchev–Trinajstić information content (AvgIpc) is 3.49. The van der Waals surface area contributed by atoms with E-state index in [0.29, 0.717) is 12.6 Å². The van der Waals surface area contributed by atoms with Crippen LogP contribution in [0.2, 0.25) is 0 Å². The molecule has 150 valence electrons. The molecule has 1 N–H and O–H groups in total. The van der Waals surface area contributed by atoms with Gasteiger partial charge in [0.25, 0.3) is 0 Å². The van der Waals surface area contributed by atoms with Crippen molar-refractivity contribution in [2.45, 2.75) is 37.6 Å². The summed E-state index contributed by atoms with van der Waals surface area (Å²) in [5, 5.41) is 7.44. The average molecular weight is 385 g/mol. The number of nitrogens with one attached hydrogen (secondary N) is 1. The summed E-state index contributed by atoms with van der Waals surface area (Å²) in [6, 6.07) is 7.66. The van der Waals surface area contributed by atoms with E-state index < -0.39 is 0 Å². The molecule has 8 heteroatoms. The lowest BCUT2D eigenvalue weighted by molar-refractivity contribution is -0.117. The van der Waals surface area contributed by atoms with Gasteiger partial charge in [-0.2, -0.15) is 5.10 Å². The van der Waals surface area contributed by atoms with Crippen molar-refractivity contribution in [2.24, 2.45) is 7.05 Å². The lowest BCUT2D eigenvalue weighted by Gasteiger charge is -2.31. The number of carbonyl (C=O) groups excluding carboxylic acids is 1. The molecule has 1 saturated carbocycles. The second kappa shape index (κ2) is 7.79. The highest BCUT2D eigenvalue weighted by molar-refractivity contribution is 5.92. The first-order valence-electron chi connectivity index (χ1n) is 9.87. The van der Waals surface area contributed by atoms with E-state index >= 15 is 0 Å². The molecular weight excluding hydrogens is 358 g/mol. The number of ether oxygens (including phenoxy) is 1. The molecule has 2 heterocycles. The van der Waals surface area contributed by atoms with Gasteiger partial charge in [-0.1, -0.05) is 0 Å². The normalized spacial score (nSPS) is 18.2. The fraction of sp³-hybridized carbons (Fsp3) is 0.550. The summed E-state index contributed by atoms with van der Waals surface area (Å²) in [7, 11) is 3.34. The van der Waals surface area contributed by atoms with Crippen LogP contribution in [0.15, 0.2) is 29.1 Å². The van der Waals surface area contributed by atoms with Crippen LogP contribution in [0.4, 0.5) is 5.69 Å². The van der Waals surface area contributed by atoms with Crippen LogP contribution in [0, 0.1) is 0 Å². The highest BCUT2D eigenvalue weighted by Crippen LogP contribution is 2.37. The Morgan fingerprint density at radius 1 is 1.18 bits per heavy atom. The highest BCUT2D eigenvalue weighted by atomic mass is 16.5. The molecule has 2 fully saturated rings. The SMILES string of the molecule is COc1ccc(NC(=O)CN2CCC(c3nn(C)c(=O)n3C3CC3)CC2)cc1. The Morgan fingerprint density at radius 2 is 1.86 bits per heavy atom. The molecule has 0 radical (unpaired) electrons. The van der Waals surface area contributed by atoms with Crippen molar-refractivity contribution in [3.8, 4) is 5.75 Å². The van der Waals surface area contributed by atoms with Crippen LogP contribution in [-0.2, 0) is 11.8 Å². The summed E-state index contributed by atoms with van der Waals surface area (Å²) in [5.74, 6) is 1.96. The molecule has 2 aromatic rings. The Morgan fingerprint density at radius 3 is 2.46 bits per heavy atom. The second-order valence-electron chi connectivity index (χ2n) is 7.69. The molecule has 2 aliphatic rings. The topological polar surface area (TPSA) is 81.4 Å². The zero-order chi connectivity index (χ0) is 19.7. The maximum Gasteiger partial charge on any atom is 0.345 e. The third kappa shape index (κ3) is 3.96. The number of benzene rings is 1. The first-order chi connectivity index (χ1) is 13.5. The van der Waals surface area contributed by atoms with Crippen LogP contribution in [0.3, 0.4) is 0 Å². The van der Waals surface area contributed by atoms with Crippen LogP contribution in [0.1, 0.15) is 43.5 Å². The fourth-order valence-corrected chi connectivity index (χ4v) is 3.88. The molecule has 1 amide bonds. The summed E-state index contributed by atoms with van der Waals surface area (Å²) in [6.07, 6.45) is 3.98. The van der Waals surface area contributed by atoms with E-state index in [9.17, 15) is 9.59 Å². The molecule has 1 aliphatic carbocycles. The van der Waals surface area contributed by atoms with Crippen molar-refractivity contribution < 1.29 is 9.53 Å². The summed E-state index contributed by atoms with van der Waals surface area (Å²) in [5.41, 5.74) is 0.765. The van der Waals surface area contributed by atoms with E-state index in [1.807, 2.05) is 28.8 Å².